The standard InChI is InChI=1S/C16H15N3O/c1-2-19(12-14-7-9-18-10-8-14)16(20)15-5-3-13(11-17)4-6-15/h3-10H,2,12H2,1H3. The molecule has 0 aliphatic heterocycles. The van der Waals surface area contributed by atoms with Gasteiger partial charge in [-0.1, -0.05) is 0 Å². The molecule has 100 valence electrons. The van der Waals surface area contributed by atoms with Gasteiger partial charge in [-0.15, -0.1) is 0 Å². The van der Waals surface area contributed by atoms with Crippen LogP contribution < -0.4 is 0 Å². The third-order valence-electron chi connectivity index (χ3n) is 3.05. The smallest absolute Gasteiger partial charge is 0.254 e. The lowest BCUT2D eigenvalue weighted by molar-refractivity contribution is 0.0752. The predicted octanol–water partition coefficient (Wildman–Crippen LogP) is 2.62. The van der Waals surface area contributed by atoms with E-state index >= 15 is 0 Å². The zero-order valence-corrected chi connectivity index (χ0v) is 11.3. The van der Waals surface area contributed by atoms with Gasteiger partial charge in [0.15, 0.2) is 0 Å². The molecule has 1 heterocycles. The normalized spacial score (nSPS) is 9.80. The van der Waals surface area contributed by atoms with Crippen LogP contribution in [0.3, 0.4) is 0 Å². The van der Waals surface area contributed by atoms with Crippen LogP contribution in [0.2, 0.25) is 0 Å². The molecule has 0 aliphatic carbocycles. The Morgan fingerprint density at radius 3 is 2.40 bits per heavy atom. The van der Waals surface area contributed by atoms with Gasteiger partial charge in [0.2, 0.25) is 0 Å². The van der Waals surface area contributed by atoms with Crippen molar-refractivity contribution in [2.45, 2.75) is 13.5 Å². The molecule has 20 heavy (non-hydrogen) atoms. The first kappa shape index (κ1) is 13.8. The van der Waals surface area contributed by atoms with Crippen LogP contribution in [0.5, 0.6) is 0 Å². The molecule has 0 radical (unpaired) electrons. The van der Waals surface area contributed by atoms with Gasteiger partial charge < -0.3 is 4.90 Å². The highest BCUT2D eigenvalue weighted by molar-refractivity contribution is 5.94. The van der Waals surface area contributed by atoms with Crippen LogP contribution in [-0.2, 0) is 6.54 Å². The number of carbonyl (C=O) groups excluding carboxylic acids is 1. The summed E-state index contributed by atoms with van der Waals surface area (Å²) in [4.78, 5) is 18.1. The molecule has 0 fully saturated rings. The van der Waals surface area contributed by atoms with Gasteiger partial charge in [-0.3, -0.25) is 9.78 Å². The van der Waals surface area contributed by atoms with Gasteiger partial charge in [0.1, 0.15) is 0 Å². The van der Waals surface area contributed by atoms with E-state index in [2.05, 4.69) is 4.98 Å². The molecule has 0 bridgehead atoms. The Kier molecular flexibility index (Phi) is 4.46. The van der Waals surface area contributed by atoms with Gasteiger partial charge in [0, 0.05) is 31.0 Å². The Hall–Kier alpha value is -2.67. The molecule has 0 aliphatic rings. The summed E-state index contributed by atoms with van der Waals surface area (Å²) >= 11 is 0. The van der Waals surface area contributed by atoms with Crippen LogP contribution in [0.4, 0.5) is 0 Å². The van der Waals surface area contributed by atoms with Crippen LogP contribution in [0.1, 0.15) is 28.4 Å². The van der Waals surface area contributed by atoms with Crippen molar-refractivity contribution in [3.63, 3.8) is 0 Å². The first-order valence-electron chi connectivity index (χ1n) is 6.43. The molecule has 0 saturated heterocycles. The van der Waals surface area contributed by atoms with Crippen molar-refractivity contribution in [1.82, 2.24) is 9.88 Å². The Morgan fingerprint density at radius 2 is 1.85 bits per heavy atom. The number of hydrogen-bond acceptors (Lipinski definition) is 3. The van der Waals surface area contributed by atoms with E-state index in [4.69, 9.17) is 5.26 Å². The minimum atomic E-state index is -0.0335. The molecule has 0 atom stereocenters. The lowest BCUT2D eigenvalue weighted by Gasteiger charge is -2.21. The Balaban J connectivity index is 2.14. The van der Waals surface area contributed by atoms with E-state index in [1.54, 1.807) is 41.6 Å². The largest absolute Gasteiger partial charge is 0.335 e. The van der Waals surface area contributed by atoms with Gasteiger partial charge >= 0.3 is 0 Å². The average Bonchev–Trinajstić information content (AvgIpc) is 2.53. The van der Waals surface area contributed by atoms with Crippen LogP contribution >= 0.6 is 0 Å². The zero-order valence-electron chi connectivity index (χ0n) is 11.3. The van der Waals surface area contributed by atoms with E-state index in [-0.39, 0.29) is 5.91 Å². The maximum atomic E-state index is 12.4. The van der Waals surface area contributed by atoms with Gasteiger partial charge in [-0.2, -0.15) is 5.26 Å². The molecule has 4 nitrogen and oxygen atoms in total. The summed E-state index contributed by atoms with van der Waals surface area (Å²) in [6.07, 6.45) is 3.44. The molecular weight excluding hydrogens is 250 g/mol. The number of nitriles is 1. The zero-order chi connectivity index (χ0) is 14.4. The third kappa shape index (κ3) is 3.21. The summed E-state index contributed by atoms with van der Waals surface area (Å²) in [5.74, 6) is -0.0335. The fourth-order valence-corrected chi connectivity index (χ4v) is 1.91. The fourth-order valence-electron chi connectivity index (χ4n) is 1.91. The number of carbonyl (C=O) groups is 1. The second kappa shape index (κ2) is 6.48. The molecule has 0 saturated carbocycles. The average molecular weight is 265 g/mol. The minimum Gasteiger partial charge on any atom is -0.335 e. The van der Waals surface area contributed by atoms with E-state index in [1.165, 1.54) is 0 Å². The van der Waals surface area contributed by atoms with E-state index in [1.807, 2.05) is 25.1 Å². The fraction of sp³-hybridized carbons (Fsp3) is 0.188. The highest BCUT2D eigenvalue weighted by atomic mass is 16.2. The summed E-state index contributed by atoms with van der Waals surface area (Å²) in [5.41, 5.74) is 2.20. The van der Waals surface area contributed by atoms with Crippen molar-refractivity contribution in [3.05, 3.63) is 65.5 Å². The SMILES string of the molecule is CCN(Cc1ccncc1)C(=O)c1ccc(C#N)cc1. The van der Waals surface area contributed by atoms with Crippen molar-refractivity contribution < 1.29 is 4.79 Å². The number of benzene rings is 1. The summed E-state index contributed by atoms with van der Waals surface area (Å²) in [5, 5.41) is 8.77. The molecule has 4 heteroatoms. The quantitative estimate of drug-likeness (QED) is 0.853. The molecule has 2 aromatic rings. The van der Waals surface area contributed by atoms with Crippen molar-refractivity contribution >= 4 is 5.91 Å². The minimum absolute atomic E-state index is 0.0335. The summed E-state index contributed by atoms with van der Waals surface area (Å²) in [6, 6.07) is 12.5. The predicted molar refractivity (Wildman–Crippen MR) is 75.8 cm³/mol. The second-order valence-corrected chi connectivity index (χ2v) is 4.36. The molecule has 2 rings (SSSR count). The van der Waals surface area contributed by atoms with Gasteiger partial charge in [0.25, 0.3) is 5.91 Å². The molecular formula is C16H15N3O. The van der Waals surface area contributed by atoms with E-state index in [9.17, 15) is 4.79 Å². The molecule has 1 aromatic heterocycles. The molecule has 0 N–H and O–H groups in total. The molecule has 0 spiro atoms. The Morgan fingerprint density at radius 1 is 1.20 bits per heavy atom. The van der Waals surface area contributed by atoms with Crippen molar-refractivity contribution in [1.29, 1.82) is 5.26 Å². The Bertz CT molecular complexity index is 614. The first-order chi connectivity index (χ1) is 9.74. The summed E-state index contributed by atoms with van der Waals surface area (Å²) in [7, 11) is 0. The molecule has 1 aromatic carbocycles. The van der Waals surface area contributed by atoms with Gasteiger partial charge in [0.05, 0.1) is 11.6 Å². The monoisotopic (exact) mass is 265 g/mol. The highest BCUT2D eigenvalue weighted by Crippen LogP contribution is 2.10. The number of nitrogens with zero attached hydrogens (tertiary/aromatic N) is 3. The number of hydrogen-bond donors (Lipinski definition) is 0. The highest BCUT2D eigenvalue weighted by Gasteiger charge is 2.14. The van der Waals surface area contributed by atoms with E-state index < -0.39 is 0 Å². The third-order valence-corrected chi connectivity index (χ3v) is 3.05. The number of amides is 1. The summed E-state index contributed by atoms with van der Waals surface area (Å²) < 4.78 is 0. The van der Waals surface area contributed by atoms with Crippen molar-refractivity contribution in [2.75, 3.05) is 6.54 Å². The van der Waals surface area contributed by atoms with Gasteiger partial charge in [-0.05, 0) is 48.9 Å². The lowest BCUT2D eigenvalue weighted by atomic mass is 10.1. The molecule has 1 amide bonds. The molecule has 0 unspecified atom stereocenters. The van der Waals surface area contributed by atoms with Gasteiger partial charge in [-0.25, -0.2) is 0 Å². The van der Waals surface area contributed by atoms with Crippen LogP contribution in [0.15, 0.2) is 48.8 Å². The number of rotatable bonds is 4. The van der Waals surface area contributed by atoms with Crippen LogP contribution in [0.25, 0.3) is 0 Å². The maximum absolute atomic E-state index is 12.4. The number of aromatic nitrogens is 1. The maximum Gasteiger partial charge on any atom is 0.254 e. The lowest BCUT2D eigenvalue weighted by Crippen LogP contribution is -2.30. The van der Waals surface area contributed by atoms with E-state index in [0.29, 0.717) is 24.2 Å². The second-order valence-electron chi connectivity index (χ2n) is 4.36. The number of pyridine rings is 1. The topological polar surface area (TPSA) is 57.0 Å². The summed E-state index contributed by atoms with van der Waals surface area (Å²) in [6.45, 7) is 3.13. The van der Waals surface area contributed by atoms with Crippen molar-refractivity contribution in [2.24, 2.45) is 0 Å². The Labute approximate surface area is 118 Å². The van der Waals surface area contributed by atoms with Crippen LogP contribution in [-0.4, -0.2) is 22.3 Å². The first-order valence-corrected chi connectivity index (χ1v) is 6.43. The van der Waals surface area contributed by atoms with E-state index in [0.717, 1.165) is 5.56 Å². The van der Waals surface area contributed by atoms with Crippen LogP contribution in [0, 0.1) is 11.3 Å². The van der Waals surface area contributed by atoms with Crippen molar-refractivity contribution in [3.8, 4) is 6.07 Å².